The van der Waals surface area contributed by atoms with Crippen molar-refractivity contribution in [2.75, 3.05) is 13.2 Å². The van der Waals surface area contributed by atoms with Crippen molar-refractivity contribution in [1.29, 1.82) is 0 Å². The third-order valence-electron chi connectivity index (χ3n) is 0.729. The molecule has 0 N–H and O–H groups in total. The second-order valence-corrected chi connectivity index (χ2v) is 1.63. The molecule has 0 amide bonds. The lowest BCUT2D eigenvalue weighted by Crippen LogP contribution is -2.16. The predicted octanol–water partition coefficient (Wildman–Crippen LogP) is 0.708. The van der Waals surface area contributed by atoms with Gasteiger partial charge < -0.3 is 9.47 Å². The molecule has 0 aliphatic carbocycles. The Labute approximate surface area is 47.4 Å². The largest absolute Gasteiger partial charge is 0.457 e. The first kappa shape index (κ1) is 4.84. The van der Waals surface area contributed by atoms with Crippen LogP contribution in [-0.2, 0) is 9.47 Å². The molecule has 1 fully saturated rings. The summed E-state index contributed by atoms with van der Waals surface area (Å²) in [7, 11) is 0. The minimum Gasteiger partial charge on any atom is -0.457 e. The molecule has 0 spiro atoms. The van der Waals surface area contributed by atoms with Gasteiger partial charge in [-0.05, 0) is 0 Å². The molecule has 0 aromatic heterocycles. The van der Waals surface area contributed by atoms with E-state index in [9.17, 15) is 0 Å². The van der Waals surface area contributed by atoms with Crippen LogP contribution in [0, 0.1) is 0 Å². The lowest BCUT2D eigenvalue weighted by molar-refractivity contribution is 0.116. The highest BCUT2D eigenvalue weighted by Gasteiger charge is 2.03. The molecule has 3 heteroatoms. The molecule has 0 atom stereocenters. The molecule has 1 aliphatic rings. The van der Waals surface area contributed by atoms with Crippen LogP contribution in [-0.4, -0.2) is 18.5 Å². The van der Waals surface area contributed by atoms with Crippen LogP contribution in [0.2, 0.25) is 0 Å². The molecule has 0 aromatic rings. The van der Waals surface area contributed by atoms with E-state index in [-0.39, 0.29) is 0 Å². The third-order valence-corrected chi connectivity index (χ3v) is 0.964. The van der Waals surface area contributed by atoms with Gasteiger partial charge in [0.2, 0.25) is 0 Å². The summed E-state index contributed by atoms with van der Waals surface area (Å²) in [6.45, 7) is 1.44. The number of rotatable bonds is 0. The van der Waals surface area contributed by atoms with E-state index in [1.54, 1.807) is 0 Å². The zero-order valence-corrected chi connectivity index (χ0v) is 4.66. The Morgan fingerprint density at radius 2 is 1.86 bits per heavy atom. The van der Waals surface area contributed by atoms with E-state index in [4.69, 9.17) is 9.47 Å². The molecule has 0 unspecified atom stereocenters. The summed E-state index contributed by atoms with van der Waals surface area (Å²) in [4.78, 5) is 0. The van der Waals surface area contributed by atoms with Crippen LogP contribution in [0.5, 0.6) is 0 Å². The lowest BCUT2D eigenvalue weighted by Gasteiger charge is -2.12. The molecule has 1 heterocycles. The maximum atomic E-state index is 4.79. The normalized spacial score (nSPS) is 20.3. The summed E-state index contributed by atoms with van der Waals surface area (Å²) >= 11 is 4.56. The average Bonchev–Trinajstić information content (AvgIpc) is 1.69. The van der Waals surface area contributed by atoms with Crippen LogP contribution < -0.4 is 0 Å². The molecule has 0 bridgehead atoms. The summed E-state index contributed by atoms with van der Waals surface area (Å²) < 4.78 is 9.57. The maximum absolute atomic E-state index is 4.79. The van der Waals surface area contributed by atoms with Crippen LogP contribution in [0.1, 0.15) is 6.42 Å². The third kappa shape index (κ3) is 1.31. The summed E-state index contributed by atoms with van der Waals surface area (Å²) in [5, 5.41) is 0.297. The van der Waals surface area contributed by atoms with Gasteiger partial charge >= 0.3 is 5.24 Å². The van der Waals surface area contributed by atoms with Crippen LogP contribution >= 0.6 is 12.2 Å². The molecular weight excluding hydrogens is 112 g/mol. The first-order valence-corrected chi connectivity index (χ1v) is 2.60. The highest BCUT2D eigenvalue weighted by Crippen LogP contribution is 1.96. The Hall–Kier alpha value is -0.310. The Kier molecular flexibility index (Phi) is 1.46. The number of thiocarbonyl (C=S) groups is 1. The minimum atomic E-state index is 0.297. The topological polar surface area (TPSA) is 18.5 Å². The van der Waals surface area contributed by atoms with Crippen LogP contribution in [0.15, 0.2) is 0 Å². The number of ether oxygens (including phenoxy) is 2. The van der Waals surface area contributed by atoms with Gasteiger partial charge in [-0.25, -0.2) is 0 Å². The Morgan fingerprint density at radius 1 is 1.29 bits per heavy atom. The summed E-state index contributed by atoms with van der Waals surface area (Å²) in [6.07, 6.45) is 0.958. The molecule has 7 heavy (non-hydrogen) atoms. The van der Waals surface area contributed by atoms with E-state index in [2.05, 4.69) is 12.2 Å². The summed E-state index contributed by atoms with van der Waals surface area (Å²) in [6, 6.07) is 0. The van der Waals surface area contributed by atoms with Crippen molar-refractivity contribution in [3.8, 4) is 0 Å². The fourth-order valence-corrected chi connectivity index (χ4v) is 0.578. The predicted molar refractivity (Wildman–Crippen MR) is 29.1 cm³/mol. The highest BCUT2D eigenvalue weighted by molar-refractivity contribution is 7.79. The number of hydrogen-bond donors (Lipinski definition) is 0. The van der Waals surface area contributed by atoms with E-state index in [1.807, 2.05) is 0 Å². The second kappa shape index (κ2) is 2.12. The van der Waals surface area contributed by atoms with E-state index < -0.39 is 0 Å². The van der Waals surface area contributed by atoms with E-state index in [0.29, 0.717) is 5.24 Å². The fraction of sp³-hybridized carbons (Fsp3) is 0.750. The van der Waals surface area contributed by atoms with Crippen molar-refractivity contribution in [2.24, 2.45) is 0 Å². The van der Waals surface area contributed by atoms with Gasteiger partial charge in [-0.3, -0.25) is 0 Å². The summed E-state index contributed by atoms with van der Waals surface area (Å²) in [5.74, 6) is 0. The zero-order valence-electron chi connectivity index (χ0n) is 3.85. The molecule has 2 nitrogen and oxygen atoms in total. The molecule has 0 radical (unpaired) electrons. The first-order valence-electron chi connectivity index (χ1n) is 2.19. The SMILES string of the molecule is S=C1OCCCO1. The lowest BCUT2D eigenvalue weighted by atomic mass is 10.5. The van der Waals surface area contributed by atoms with E-state index >= 15 is 0 Å². The smallest absolute Gasteiger partial charge is 0.352 e. The van der Waals surface area contributed by atoms with E-state index in [1.165, 1.54) is 0 Å². The van der Waals surface area contributed by atoms with Gasteiger partial charge in [0.15, 0.2) is 0 Å². The van der Waals surface area contributed by atoms with Gasteiger partial charge in [0.05, 0.1) is 13.2 Å². The number of hydrogen-bond acceptors (Lipinski definition) is 3. The Bertz CT molecular complexity index is 73.8. The van der Waals surface area contributed by atoms with Crippen LogP contribution in [0.4, 0.5) is 0 Å². The first-order chi connectivity index (χ1) is 3.39. The summed E-state index contributed by atoms with van der Waals surface area (Å²) in [5.41, 5.74) is 0. The van der Waals surface area contributed by atoms with Crippen molar-refractivity contribution in [1.82, 2.24) is 0 Å². The molecule has 1 rings (SSSR count). The Morgan fingerprint density at radius 3 is 2.14 bits per heavy atom. The van der Waals surface area contributed by atoms with Gasteiger partial charge in [-0.15, -0.1) is 0 Å². The van der Waals surface area contributed by atoms with Gasteiger partial charge in [0, 0.05) is 18.6 Å². The van der Waals surface area contributed by atoms with Crippen molar-refractivity contribution in [3.05, 3.63) is 0 Å². The molecule has 0 saturated carbocycles. The van der Waals surface area contributed by atoms with Crippen molar-refractivity contribution in [3.63, 3.8) is 0 Å². The second-order valence-electron chi connectivity index (χ2n) is 1.30. The Balaban J connectivity index is 2.25. The van der Waals surface area contributed by atoms with Gasteiger partial charge in [-0.1, -0.05) is 0 Å². The van der Waals surface area contributed by atoms with Gasteiger partial charge in [0.25, 0.3) is 0 Å². The van der Waals surface area contributed by atoms with Crippen LogP contribution in [0.3, 0.4) is 0 Å². The van der Waals surface area contributed by atoms with Crippen molar-refractivity contribution < 1.29 is 9.47 Å². The highest BCUT2D eigenvalue weighted by atomic mass is 32.1. The molecular formula is C4H6O2S. The molecule has 0 aromatic carbocycles. The fourth-order valence-electron chi connectivity index (χ4n) is 0.412. The molecule has 1 aliphatic heterocycles. The monoisotopic (exact) mass is 118 g/mol. The molecule has 40 valence electrons. The quantitative estimate of drug-likeness (QED) is 0.436. The van der Waals surface area contributed by atoms with Gasteiger partial charge in [0.1, 0.15) is 0 Å². The average molecular weight is 118 g/mol. The van der Waals surface area contributed by atoms with Crippen molar-refractivity contribution >= 4 is 17.5 Å². The van der Waals surface area contributed by atoms with E-state index in [0.717, 1.165) is 19.6 Å². The standard InChI is InChI=1S/C4H6O2S/c7-4-5-2-1-3-6-4/h1-3H2. The van der Waals surface area contributed by atoms with Crippen molar-refractivity contribution in [2.45, 2.75) is 6.42 Å². The van der Waals surface area contributed by atoms with Crippen LogP contribution in [0.25, 0.3) is 0 Å². The van der Waals surface area contributed by atoms with Gasteiger partial charge in [-0.2, -0.15) is 0 Å². The zero-order chi connectivity index (χ0) is 5.11. The maximum Gasteiger partial charge on any atom is 0.352 e. The molecule has 1 saturated heterocycles. The minimum absolute atomic E-state index is 0.297.